The quantitative estimate of drug-likeness (QED) is 0.433. The molecule has 2 aromatic heterocycles. The molecule has 0 aliphatic carbocycles. The summed E-state index contributed by atoms with van der Waals surface area (Å²) in [4.78, 5) is 12.8. The van der Waals surface area contributed by atoms with Gasteiger partial charge in [0.1, 0.15) is 41.0 Å². The van der Waals surface area contributed by atoms with Gasteiger partial charge in [0.05, 0.1) is 12.9 Å². The highest BCUT2D eigenvalue weighted by molar-refractivity contribution is 7.98. The lowest BCUT2D eigenvalue weighted by molar-refractivity contribution is -0.0511. The number of hydrogen-bond donors (Lipinski definition) is 3. The van der Waals surface area contributed by atoms with Crippen LogP contribution in [0.3, 0.4) is 0 Å². The van der Waals surface area contributed by atoms with Crippen molar-refractivity contribution < 1.29 is 24.4 Å². The van der Waals surface area contributed by atoms with Gasteiger partial charge in [-0.3, -0.25) is 4.57 Å². The molecule has 3 N–H and O–H groups in total. The Labute approximate surface area is 157 Å². The van der Waals surface area contributed by atoms with E-state index in [1.54, 1.807) is 6.07 Å². The van der Waals surface area contributed by atoms with Gasteiger partial charge in [0, 0.05) is 5.75 Å². The second-order valence-corrected chi connectivity index (χ2v) is 7.11. The van der Waals surface area contributed by atoms with Crippen molar-refractivity contribution in [2.45, 2.75) is 35.3 Å². The minimum Gasteiger partial charge on any atom is -0.394 e. The van der Waals surface area contributed by atoms with Gasteiger partial charge in [-0.25, -0.2) is 19.3 Å². The number of aliphatic hydroxyl groups is 3. The number of nitrogens with zero attached hydrogens (tertiary/aromatic N) is 4. The molecule has 1 aromatic carbocycles. The van der Waals surface area contributed by atoms with E-state index in [0.29, 0.717) is 21.9 Å². The number of ether oxygens (including phenoxy) is 1. The van der Waals surface area contributed by atoms with Crippen molar-refractivity contribution in [3.63, 3.8) is 0 Å². The lowest BCUT2D eigenvalue weighted by Crippen LogP contribution is -2.33. The topological polar surface area (TPSA) is 114 Å². The second-order valence-electron chi connectivity index (χ2n) is 6.15. The van der Waals surface area contributed by atoms with Crippen LogP contribution < -0.4 is 0 Å². The molecular weight excluding hydrogens is 375 g/mol. The van der Waals surface area contributed by atoms with Gasteiger partial charge >= 0.3 is 0 Å². The summed E-state index contributed by atoms with van der Waals surface area (Å²) in [6.45, 7) is -0.412. The zero-order chi connectivity index (χ0) is 19.0. The molecule has 8 nitrogen and oxygen atoms in total. The summed E-state index contributed by atoms with van der Waals surface area (Å²) in [5.41, 5.74) is 1.76. The standard InChI is InChI=1S/C17H17FN4O4S/c18-10-3-1-2-9(4-10)6-27-16-12-15(19-7-20-16)22(8-21-12)17-14(25)13(24)11(5-23)26-17/h1-4,7-8,11,13-14,17,23-25H,5-6H2. The van der Waals surface area contributed by atoms with Gasteiger partial charge in [-0.2, -0.15) is 0 Å². The molecule has 1 aliphatic heterocycles. The number of aliphatic hydroxyl groups excluding tert-OH is 3. The predicted octanol–water partition coefficient (Wildman–Crippen LogP) is 0.869. The summed E-state index contributed by atoms with van der Waals surface area (Å²) in [5, 5.41) is 30.0. The van der Waals surface area contributed by atoms with E-state index in [9.17, 15) is 19.7 Å². The Morgan fingerprint density at radius 3 is 2.78 bits per heavy atom. The van der Waals surface area contributed by atoms with Crippen molar-refractivity contribution in [1.29, 1.82) is 0 Å². The maximum absolute atomic E-state index is 13.3. The summed E-state index contributed by atoms with van der Waals surface area (Å²) < 4.78 is 20.4. The van der Waals surface area contributed by atoms with Gasteiger partial charge in [-0.05, 0) is 17.7 Å². The molecule has 3 heterocycles. The first kappa shape index (κ1) is 18.3. The van der Waals surface area contributed by atoms with Crippen LogP contribution in [0.1, 0.15) is 11.8 Å². The zero-order valence-electron chi connectivity index (χ0n) is 14.0. The fourth-order valence-corrected chi connectivity index (χ4v) is 3.90. The molecular formula is C17H17FN4O4S. The number of halogens is 1. The average molecular weight is 392 g/mol. The van der Waals surface area contributed by atoms with Gasteiger partial charge in [-0.1, -0.05) is 23.9 Å². The number of thioether (sulfide) groups is 1. The SMILES string of the molecule is OCC1OC(n2cnc3c(SCc4cccc(F)c4)ncnc32)C(O)C1O. The number of imidazole rings is 1. The van der Waals surface area contributed by atoms with Crippen molar-refractivity contribution >= 4 is 22.9 Å². The minimum absolute atomic E-state index is 0.297. The van der Waals surface area contributed by atoms with Crippen molar-refractivity contribution in [2.75, 3.05) is 6.61 Å². The number of hydrogen-bond acceptors (Lipinski definition) is 8. The van der Waals surface area contributed by atoms with E-state index in [1.165, 1.54) is 41.1 Å². The van der Waals surface area contributed by atoms with E-state index < -0.39 is 31.1 Å². The van der Waals surface area contributed by atoms with E-state index >= 15 is 0 Å². The van der Waals surface area contributed by atoms with Crippen LogP contribution in [0.4, 0.5) is 4.39 Å². The summed E-state index contributed by atoms with van der Waals surface area (Å²) in [7, 11) is 0. The van der Waals surface area contributed by atoms with Crippen molar-refractivity contribution in [2.24, 2.45) is 0 Å². The molecule has 1 aliphatic rings. The average Bonchev–Trinajstić information content (AvgIpc) is 3.22. The summed E-state index contributed by atoms with van der Waals surface area (Å²) >= 11 is 1.39. The highest BCUT2D eigenvalue weighted by atomic mass is 32.2. The Balaban J connectivity index is 1.60. The molecule has 4 rings (SSSR count). The first-order chi connectivity index (χ1) is 13.1. The smallest absolute Gasteiger partial charge is 0.166 e. The van der Waals surface area contributed by atoms with Crippen LogP contribution in [0, 0.1) is 5.82 Å². The molecule has 0 amide bonds. The largest absolute Gasteiger partial charge is 0.394 e. The maximum atomic E-state index is 13.3. The maximum Gasteiger partial charge on any atom is 0.166 e. The van der Waals surface area contributed by atoms with Crippen molar-refractivity contribution in [3.8, 4) is 0 Å². The number of aromatic nitrogens is 4. The molecule has 0 radical (unpaired) electrons. The van der Waals surface area contributed by atoms with Crippen LogP contribution in [0.5, 0.6) is 0 Å². The van der Waals surface area contributed by atoms with E-state index in [0.717, 1.165) is 5.56 Å². The van der Waals surface area contributed by atoms with Crippen LogP contribution in [-0.4, -0.2) is 59.8 Å². The van der Waals surface area contributed by atoms with Crippen LogP contribution in [0.15, 0.2) is 41.9 Å². The number of fused-ring (bicyclic) bond motifs is 1. The van der Waals surface area contributed by atoms with Gasteiger partial charge in [0.25, 0.3) is 0 Å². The molecule has 0 bridgehead atoms. The van der Waals surface area contributed by atoms with E-state index in [2.05, 4.69) is 15.0 Å². The Morgan fingerprint density at radius 2 is 2.04 bits per heavy atom. The van der Waals surface area contributed by atoms with Crippen LogP contribution in [0.25, 0.3) is 11.2 Å². The van der Waals surface area contributed by atoms with E-state index in [-0.39, 0.29) is 5.82 Å². The monoisotopic (exact) mass is 392 g/mol. The molecule has 0 spiro atoms. The molecule has 142 valence electrons. The summed E-state index contributed by atoms with van der Waals surface area (Å²) in [5.74, 6) is 0.208. The summed E-state index contributed by atoms with van der Waals surface area (Å²) in [6.07, 6.45) is -1.41. The molecule has 10 heteroatoms. The highest BCUT2D eigenvalue weighted by Gasteiger charge is 2.44. The third-order valence-electron chi connectivity index (χ3n) is 4.38. The second kappa shape index (κ2) is 7.49. The first-order valence-corrected chi connectivity index (χ1v) is 9.24. The Morgan fingerprint density at radius 1 is 1.19 bits per heavy atom. The van der Waals surface area contributed by atoms with E-state index in [1.807, 2.05) is 6.07 Å². The molecule has 1 fully saturated rings. The van der Waals surface area contributed by atoms with E-state index in [4.69, 9.17) is 4.74 Å². The zero-order valence-corrected chi connectivity index (χ0v) is 14.8. The normalized spacial score (nSPS) is 25.3. The van der Waals surface area contributed by atoms with Crippen molar-refractivity contribution in [3.05, 3.63) is 48.3 Å². The van der Waals surface area contributed by atoms with Crippen LogP contribution in [-0.2, 0) is 10.5 Å². The predicted molar refractivity (Wildman–Crippen MR) is 94.3 cm³/mol. The van der Waals surface area contributed by atoms with Gasteiger partial charge < -0.3 is 20.1 Å². The minimum atomic E-state index is -1.22. The molecule has 4 unspecified atom stereocenters. The number of benzene rings is 1. The Kier molecular flexibility index (Phi) is 5.06. The Bertz CT molecular complexity index is 956. The molecule has 3 aromatic rings. The van der Waals surface area contributed by atoms with Gasteiger partial charge in [-0.15, -0.1) is 0 Å². The lowest BCUT2D eigenvalue weighted by atomic mass is 10.1. The van der Waals surface area contributed by atoms with Crippen LogP contribution in [0.2, 0.25) is 0 Å². The lowest BCUT2D eigenvalue weighted by Gasteiger charge is -2.16. The van der Waals surface area contributed by atoms with Gasteiger partial charge in [0.2, 0.25) is 0 Å². The molecule has 27 heavy (non-hydrogen) atoms. The van der Waals surface area contributed by atoms with Crippen molar-refractivity contribution in [1.82, 2.24) is 19.5 Å². The Hall–Kier alpha value is -2.11. The fourth-order valence-electron chi connectivity index (χ4n) is 3.01. The third kappa shape index (κ3) is 3.42. The van der Waals surface area contributed by atoms with Crippen LogP contribution >= 0.6 is 11.8 Å². The highest BCUT2D eigenvalue weighted by Crippen LogP contribution is 2.33. The summed E-state index contributed by atoms with van der Waals surface area (Å²) in [6, 6.07) is 6.33. The molecule has 1 saturated heterocycles. The third-order valence-corrected chi connectivity index (χ3v) is 5.43. The first-order valence-electron chi connectivity index (χ1n) is 8.25. The van der Waals surface area contributed by atoms with Gasteiger partial charge in [0.15, 0.2) is 11.9 Å². The number of rotatable bonds is 5. The molecule has 0 saturated carbocycles. The molecule has 4 atom stereocenters. The fraction of sp³-hybridized carbons (Fsp3) is 0.353.